The third-order valence-corrected chi connectivity index (χ3v) is 13.0. The molecular weight excluding hydrogens is 743 g/mol. The van der Waals surface area contributed by atoms with Crippen molar-refractivity contribution in [3.63, 3.8) is 0 Å². The number of carbonyl (C=O) groups excluding carboxylic acids is 4. The molecule has 2 amide bonds. The molecule has 320 valence electrons. The second-order valence-corrected chi connectivity index (χ2v) is 17.5. The number of Topliss-reactive ketones (excluding diaryl/α,β-unsaturated/α-hetero) is 2. The summed E-state index contributed by atoms with van der Waals surface area (Å²) in [6.45, 7) is 15.2. The van der Waals surface area contributed by atoms with E-state index in [0.29, 0.717) is 25.9 Å². The number of methoxy groups -OCH3 is 2. The van der Waals surface area contributed by atoms with Crippen LogP contribution in [-0.4, -0.2) is 109 Å². The molecule has 0 unspecified atom stereocenters. The quantitative estimate of drug-likeness (QED) is 0.0844. The summed E-state index contributed by atoms with van der Waals surface area (Å²) in [7, 11) is 4.99. The van der Waals surface area contributed by atoms with Crippen molar-refractivity contribution in [1.82, 2.24) is 20.1 Å². The van der Waals surface area contributed by atoms with Gasteiger partial charge in [-0.25, -0.2) is 10.9 Å². The maximum absolute atomic E-state index is 14.4. The number of nitrogens with one attached hydrogen (secondary N) is 1. The molecule has 0 bridgehead atoms. The van der Waals surface area contributed by atoms with Gasteiger partial charge in [0.25, 0.3) is 0 Å². The lowest BCUT2D eigenvalue weighted by molar-refractivity contribution is -0.149. The Balaban J connectivity index is 1.78. The first-order chi connectivity index (χ1) is 27.2. The molecule has 1 aliphatic heterocycles. The molecule has 0 saturated carbocycles. The third-order valence-electron chi connectivity index (χ3n) is 12.1. The molecule has 0 spiro atoms. The van der Waals surface area contributed by atoms with Crippen molar-refractivity contribution in [3.8, 4) is 0 Å². The van der Waals surface area contributed by atoms with Crippen LogP contribution in [0.2, 0.25) is 0 Å². The van der Waals surface area contributed by atoms with E-state index >= 15 is 0 Å². The molecule has 1 aromatic carbocycles. The Morgan fingerprint density at radius 3 is 2.25 bits per heavy atom. The van der Waals surface area contributed by atoms with E-state index < -0.39 is 36.1 Å². The fourth-order valence-corrected chi connectivity index (χ4v) is 9.30. The zero-order chi connectivity index (χ0) is 42.2. The number of thiazole rings is 1. The van der Waals surface area contributed by atoms with Crippen LogP contribution in [0.4, 0.5) is 0 Å². The van der Waals surface area contributed by atoms with Crippen LogP contribution in [0, 0.1) is 29.6 Å². The number of benzene rings is 1. The number of likely N-dealkylation sites (tertiary alicyclic amines) is 1. The van der Waals surface area contributed by atoms with Crippen LogP contribution < -0.4 is 11.2 Å². The summed E-state index contributed by atoms with van der Waals surface area (Å²) in [6, 6.07) is 9.03. The van der Waals surface area contributed by atoms with Gasteiger partial charge >= 0.3 is 0 Å². The summed E-state index contributed by atoms with van der Waals surface area (Å²) in [5.74, 6) is 3.88. The number of hydrogen-bond acceptors (Lipinski definition) is 11. The Morgan fingerprint density at radius 2 is 1.68 bits per heavy atom. The minimum absolute atomic E-state index is 0.00182. The normalized spacial score (nSPS) is 18.8. The number of hydrogen-bond donors (Lipinski definition) is 2. The van der Waals surface area contributed by atoms with Gasteiger partial charge in [0.2, 0.25) is 11.8 Å². The van der Waals surface area contributed by atoms with Gasteiger partial charge in [0.15, 0.2) is 5.78 Å². The lowest BCUT2D eigenvalue weighted by atomic mass is 9.84. The number of aromatic nitrogens is 1. The summed E-state index contributed by atoms with van der Waals surface area (Å²) < 4.78 is 12.2. The maximum Gasteiger partial charge on any atom is 0.226 e. The molecule has 1 saturated heterocycles. The van der Waals surface area contributed by atoms with Gasteiger partial charge in [-0.05, 0) is 42.6 Å². The number of likely N-dealkylation sites (N-methyl/N-ethyl adjacent to an activating group) is 1. The second kappa shape index (κ2) is 24.1. The molecule has 57 heavy (non-hydrogen) atoms. The topological polar surface area (TPSA) is 153 Å². The predicted octanol–water partition coefficient (Wildman–Crippen LogP) is 6.08. The minimum Gasteiger partial charge on any atom is -0.379 e. The van der Waals surface area contributed by atoms with E-state index in [-0.39, 0.29) is 72.5 Å². The number of amides is 2. The molecule has 1 fully saturated rings. The molecule has 0 radical (unpaired) electrons. The zero-order valence-electron chi connectivity index (χ0n) is 36.1. The number of ether oxygens (including phenoxy) is 2. The molecule has 0 aliphatic carbocycles. The van der Waals surface area contributed by atoms with Crippen LogP contribution in [0.15, 0.2) is 41.9 Å². The van der Waals surface area contributed by atoms with Gasteiger partial charge in [0.05, 0.1) is 48.4 Å². The van der Waals surface area contributed by atoms with Gasteiger partial charge in [-0.3, -0.25) is 19.2 Å². The third kappa shape index (κ3) is 13.5. The van der Waals surface area contributed by atoms with Crippen molar-refractivity contribution in [2.24, 2.45) is 35.5 Å². The van der Waals surface area contributed by atoms with Crippen molar-refractivity contribution < 1.29 is 33.5 Å². The first-order valence-electron chi connectivity index (χ1n) is 20.9. The molecule has 3 N–H and O–H groups in total. The summed E-state index contributed by atoms with van der Waals surface area (Å²) in [6.07, 6.45) is 4.18. The highest BCUT2D eigenvalue weighted by Crippen LogP contribution is 2.33. The summed E-state index contributed by atoms with van der Waals surface area (Å²) in [5.41, 5.74) is 1.15. The van der Waals surface area contributed by atoms with E-state index in [4.69, 9.17) is 15.4 Å². The van der Waals surface area contributed by atoms with E-state index in [2.05, 4.69) is 41.1 Å². The summed E-state index contributed by atoms with van der Waals surface area (Å²) >= 11 is 1.57. The van der Waals surface area contributed by atoms with Crippen molar-refractivity contribution in [1.29, 1.82) is 0 Å². The zero-order valence-corrected chi connectivity index (χ0v) is 37.0. The first-order valence-corrected chi connectivity index (χ1v) is 21.7. The van der Waals surface area contributed by atoms with Crippen molar-refractivity contribution in [2.75, 3.05) is 41.0 Å². The van der Waals surface area contributed by atoms with E-state index in [1.54, 1.807) is 43.7 Å². The van der Waals surface area contributed by atoms with Gasteiger partial charge in [-0.15, -0.1) is 11.3 Å². The van der Waals surface area contributed by atoms with Crippen molar-refractivity contribution in [2.45, 2.75) is 130 Å². The molecule has 12 nitrogen and oxygen atoms in total. The Hall–Kier alpha value is -3.07. The van der Waals surface area contributed by atoms with E-state index in [9.17, 15) is 19.2 Å². The highest BCUT2D eigenvalue weighted by molar-refractivity contribution is 7.09. The molecule has 13 heteroatoms. The largest absolute Gasteiger partial charge is 0.379 e. The number of ketones is 2. The van der Waals surface area contributed by atoms with Gasteiger partial charge in [0, 0.05) is 76.5 Å². The lowest BCUT2D eigenvalue weighted by Gasteiger charge is -2.41. The predicted molar refractivity (Wildman–Crippen MR) is 225 cm³/mol. The van der Waals surface area contributed by atoms with Gasteiger partial charge in [-0.2, -0.15) is 0 Å². The smallest absolute Gasteiger partial charge is 0.226 e. The summed E-state index contributed by atoms with van der Waals surface area (Å²) in [4.78, 5) is 69.2. The monoisotopic (exact) mass is 814 g/mol. The van der Waals surface area contributed by atoms with Crippen LogP contribution >= 0.6 is 11.3 Å². The van der Waals surface area contributed by atoms with Crippen LogP contribution in [0.25, 0.3) is 0 Å². The van der Waals surface area contributed by atoms with Crippen molar-refractivity contribution >= 4 is 34.7 Å². The molecule has 9 atom stereocenters. The van der Waals surface area contributed by atoms with Crippen molar-refractivity contribution in [3.05, 3.63) is 52.5 Å². The molecule has 2 heterocycles. The van der Waals surface area contributed by atoms with Gasteiger partial charge in [-0.1, -0.05) is 85.2 Å². The van der Waals surface area contributed by atoms with Crippen LogP contribution in [-0.2, 0) is 39.9 Å². The van der Waals surface area contributed by atoms with Crippen LogP contribution in [0.1, 0.15) is 103 Å². The average molecular weight is 814 g/mol. The standard InChI is InChI=1S/C44H71N5O7S/c1-11-30(6)41(48(8)44(53)34(28(2)3)26-37(51)40(29(4)5)46-19-22-56-45)38(54-9)27-39(52)49-21-15-18-35(49)42(55-10)31(7)36(50)25-33(43-47-20-23-57-43)24-32-16-13-12-14-17-32/h12-14,16-17,20,23,28-31,33-35,38,40-42,46H,11,15,18-19,21-22,24-27,45H2,1-10H3/t30-,31-,33+,34-,35-,38+,40-,41-,42+/m0/s1. The average Bonchev–Trinajstić information content (AvgIpc) is 3.92. The van der Waals surface area contributed by atoms with E-state index in [0.717, 1.165) is 29.8 Å². The Labute approximate surface area is 345 Å². The van der Waals surface area contributed by atoms with Gasteiger partial charge in [0.1, 0.15) is 5.78 Å². The SMILES string of the molecule is CC[C@H](C)[C@@H]([C@@H](CC(=O)N1CCC[C@H]1[C@H](OC)[C@@H](C)C(=O)C[C@@H](Cc1ccccc1)c1nccs1)OC)N(C)C(=O)[C@@H](CC(=O)[C@@H](NCCON)C(C)C)C(C)C. The Morgan fingerprint density at radius 1 is 0.982 bits per heavy atom. The highest BCUT2D eigenvalue weighted by atomic mass is 32.1. The summed E-state index contributed by atoms with van der Waals surface area (Å²) in [5, 5.41) is 6.12. The highest BCUT2D eigenvalue weighted by Gasteiger charge is 2.43. The Bertz CT molecular complexity index is 1510. The molecule has 1 aliphatic rings. The van der Waals surface area contributed by atoms with E-state index in [1.165, 1.54) is 0 Å². The Kier molecular flexibility index (Phi) is 20.4. The number of nitrogens with zero attached hydrogens (tertiary/aromatic N) is 3. The first kappa shape index (κ1) is 48.3. The fraction of sp³-hybridized carbons (Fsp3) is 0.705. The number of carbonyl (C=O) groups is 4. The minimum atomic E-state index is -0.593. The van der Waals surface area contributed by atoms with E-state index in [1.807, 2.05) is 63.1 Å². The molecular formula is C44H71N5O7S. The molecule has 2 aromatic rings. The second-order valence-electron chi connectivity index (χ2n) is 16.6. The van der Waals surface area contributed by atoms with Crippen LogP contribution in [0.3, 0.4) is 0 Å². The molecule has 1 aromatic heterocycles. The number of nitrogens with two attached hydrogens (primary N) is 1. The number of rotatable bonds is 26. The van der Waals surface area contributed by atoms with Crippen LogP contribution in [0.5, 0.6) is 0 Å². The maximum atomic E-state index is 14.4. The molecule has 3 rings (SSSR count). The fourth-order valence-electron chi connectivity index (χ4n) is 8.56. The lowest BCUT2D eigenvalue weighted by Crippen LogP contribution is -2.54. The van der Waals surface area contributed by atoms with Gasteiger partial charge < -0.3 is 29.4 Å².